The fourth-order valence-corrected chi connectivity index (χ4v) is 4.76. The maximum atomic E-state index is 13.2. The Morgan fingerprint density at radius 3 is 2.64 bits per heavy atom. The normalized spacial score (nSPS) is 18.9. The van der Waals surface area contributed by atoms with Crippen molar-refractivity contribution in [2.24, 2.45) is 11.1 Å². The molecule has 1 unspecified atom stereocenters. The lowest BCUT2D eigenvalue weighted by Crippen LogP contribution is -2.53. The average molecular weight is 423 g/mol. The van der Waals surface area contributed by atoms with Gasteiger partial charge in [0, 0.05) is 24.5 Å². The number of nitrogens with zero attached hydrogens (tertiary/aromatic N) is 3. The van der Waals surface area contributed by atoms with Crippen molar-refractivity contribution in [2.75, 3.05) is 13.1 Å². The third-order valence-corrected chi connectivity index (χ3v) is 6.52. The summed E-state index contributed by atoms with van der Waals surface area (Å²) in [5, 5.41) is 5.52. The summed E-state index contributed by atoms with van der Waals surface area (Å²) in [6.45, 7) is 7.48. The minimum Gasteiger partial charge on any atom is -0.337 e. The number of aromatic nitrogens is 2. The van der Waals surface area contributed by atoms with E-state index in [1.54, 1.807) is 16.8 Å². The lowest BCUT2D eigenvalue weighted by molar-refractivity contribution is 0.0537. The van der Waals surface area contributed by atoms with Gasteiger partial charge in [-0.15, -0.1) is 23.7 Å². The van der Waals surface area contributed by atoms with Crippen LogP contribution in [0.3, 0.4) is 0 Å². The Morgan fingerprint density at radius 2 is 2.00 bits per heavy atom. The highest BCUT2D eigenvalue weighted by molar-refractivity contribution is 7.20. The van der Waals surface area contributed by atoms with Gasteiger partial charge in [-0.05, 0) is 49.1 Å². The third-order valence-electron chi connectivity index (χ3n) is 5.43. The van der Waals surface area contributed by atoms with Crippen LogP contribution in [0.2, 0.25) is 0 Å². The van der Waals surface area contributed by atoms with Crippen molar-refractivity contribution in [1.82, 2.24) is 14.7 Å². The van der Waals surface area contributed by atoms with Crippen molar-refractivity contribution in [3.63, 3.8) is 0 Å². The second-order valence-electron chi connectivity index (χ2n) is 7.91. The first-order valence-corrected chi connectivity index (χ1v) is 9.88. The van der Waals surface area contributed by atoms with E-state index >= 15 is 0 Å². The predicted octanol–water partition coefficient (Wildman–Crippen LogP) is 4.16. The first-order chi connectivity index (χ1) is 12.8. The zero-order valence-electron chi connectivity index (χ0n) is 16.1. The SMILES string of the molecule is Cc1nn(-c2ccc(F)cc2)c2sc(C(=O)N3CCC(N)C(C)(C)C3)cc12.Cl. The summed E-state index contributed by atoms with van der Waals surface area (Å²) >= 11 is 1.43. The fraction of sp³-hybridized carbons (Fsp3) is 0.400. The van der Waals surface area contributed by atoms with E-state index in [1.807, 2.05) is 17.9 Å². The molecule has 0 saturated carbocycles. The Bertz CT molecular complexity index is 1010. The highest BCUT2D eigenvalue weighted by Crippen LogP contribution is 2.33. The molecule has 3 heterocycles. The molecule has 5 nitrogen and oxygen atoms in total. The van der Waals surface area contributed by atoms with E-state index in [-0.39, 0.29) is 35.6 Å². The summed E-state index contributed by atoms with van der Waals surface area (Å²) in [6.07, 6.45) is 0.812. The Hall–Kier alpha value is -1.96. The number of halogens is 2. The van der Waals surface area contributed by atoms with E-state index in [4.69, 9.17) is 5.73 Å². The van der Waals surface area contributed by atoms with Gasteiger partial charge in [0.05, 0.1) is 16.3 Å². The van der Waals surface area contributed by atoms with Gasteiger partial charge < -0.3 is 10.6 Å². The van der Waals surface area contributed by atoms with Crippen LogP contribution in [0.4, 0.5) is 4.39 Å². The first-order valence-electron chi connectivity index (χ1n) is 9.06. The van der Waals surface area contributed by atoms with Gasteiger partial charge in [0.25, 0.3) is 5.91 Å². The molecule has 1 saturated heterocycles. The van der Waals surface area contributed by atoms with E-state index < -0.39 is 0 Å². The zero-order valence-corrected chi connectivity index (χ0v) is 17.7. The standard InChI is InChI=1S/C20H23FN4OS.ClH/c1-12-15-10-16(18(26)24-9-8-17(22)20(2,3)11-24)27-19(15)25(23-12)14-6-4-13(21)5-7-14;/h4-7,10,17H,8-9,11,22H2,1-3H3;1H. The predicted molar refractivity (Wildman–Crippen MR) is 113 cm³/mol. The molecule has 3 aromatic rings. The number of nitrogens with two attached hydrogens (primary N) is 1. The Kier molecular flexibility index (Phi) is 5.53. The molecule has 0 aliphatic carbocycles. The monoisotopic (exact) mass is 422 g/mol. The molecule has 150 valence electrons. The molecule has 1 aliphatic heterocycles. The number of hydrogen-bond donors (Lipinski definition) is 1. The minimum absolute atomic E-state index is 0. The van der Waals surface area contributed by atoms with Crippen LogP contribution in [-0.2, 0) is 0 Å². The lowest BCUT2D eigenvalue weighted by Gasteiger charge is -2.42. The van der Waals surface area contributed by atoms with E-state index in [0.29, 0.717) is 18.0 Å². The highest BCUT2D eigenvalue weighted by atomic mass is 35.5. The number of hydrogen-bond acceptors (Lipinski definition) is 4. The van der Waals surface area contributed by atoms with Crippen molar-refractivity contribution < 1.29 is 9.18 Å². The summed E-state index contributed by atoms with van der Waals surface area (Å²) in [4.78, 5) is 16.6. The molecule has 1 amide bonds. The van der Waals surface area contributed by atoms with Crippen LogP contribution in [0.1, 0.15) is 35.6 Å². The number of carbonyl (C=O) groups excluding carboxylic acids is 1. The van der Waals surface area contributed by atoms with Gasteiger partial charge in [-0.3, -0.25) is 4.79 Å². The van der Waals surface area contributed by atoms with Crippen LogP contribution >= 0.6 is 23.7 Å². The lowest BCUT2D eigenvalue weighted by atomic mass is 9.79. The summed E-state index contributed by atoms with van der Waals surface area (Å²) in [5.74, 6) is -0.243. The van der Waals surface area contributed by atoms with Crippen LogP contribution in [0.15, 0.2) is 30.3 Å². The van der Waals surface area contributed by atoms with E-state index in [9.17, 15) is 9.18 Å². The zero-order chi connectivity index (χ0) is 19.3. The smallest absolute Gasteiger partial charge is 0.264 e. The Morgan fingerprint density at radius 1 is 1.32 bits per heavy atom. The van der Waals surface area contributed by atoms with Crippen LogP contribution in [-0.4, -0.2) is 39.7 Å². The molecule has 1 aromatic carbocycles. The van der Waals surface area contributed by atoms with Crippen molar-refractivity contribution >= 4 is 39.9 Å². The van der Waals surface area contributed by atoms with Gasteiger partial charge in [-0.25, -0.2) is 9.07 Å². The number of thiophene rings is 1. The maximum absolute atomic E-state index is 13.2. The second kappa shape index (κ2) is 7.46. The van der Waals surface area contributed by atoms with Gasteiger partial charge >= 0.3 is 0 Å². The Balaban J connectivity index is 0.00000225. The van der Waals surface area contributed by atoms with Crippen molar-refractivity contribution in [2.45, 2.75) is 33.2 Å². The molecule has 1 aliphatic rings. The highest BCUT2D eigenvalue weighted by Gasteiger charge is 2.36. The van der Waals surface area contributed by atoms with Gasteiger partial charge in [0.2, 0.25) is 0 Å². The molecule has 8 heteroatoms. The number of amides is 1. The topological polar surface area (TPSA) is 64.2 Å². The molecule has 2 N–H and O–H groups in total. The Labute approximate surface area is 173 Å². The number of likely N-dealkylation sites (tertiary alicyclic amines) is 1. The molecule has 1 fully saturated rings. The average Bonchev–Trinajstić information content (AvgIpc) is 3.18. The van der Waals surface area contributed by atoms with Gasteiger partial charge in [-0.1, -0.05) is 13.8 Å². The molecule has 0 bridgehead atoms. The quantitative estimate of drug-likeness (QED) is 0.674. The number of rotatable bonds is 2. The number of carbonyl (C=O) groups is 1. The molecule has 0 spiro atoms. The van der Waals surface area contributed by atoms with E-state index in [2.05, 4.69) is 18.9 Å². The summed E-state index contributed by atoms with van der Waals surface area (Å²) in [6, 6.07) is 8.24. The summed E-state index contributed by atoms with van der Waals surface area (Å²) < 4.78 is 15.0. The fourth-order valence-electron chi connectivity index (χ4n) is 3.61. The number of benzene rings is 1. The van der Waals surface area contributed by atoms with E-state index in [1.165, 1.54) is 23.5 Å². The minimum atomic E-state index is -0.285. The number of fused-ring (bicyclic) bond motifs is 1. The number of aryl methyl sites for hydroxylation is 1. The largest absolute Gasteiger partial charge is 0.337 e. The van der Waals surface area contributed by atoms with Crippen LogP contribution in [0.25, 0.3) is 15.9 Å². The third kappa shape index (κ3) is 3.54. The maximum Gasteiger partial charge on any atom is 0.264 e. The van der Waals surface area contributed by atoms with Gasteiger partial charge in [-0.2, -0.15) is 5.10 Å². The molecule has 28 heavy (non-hydrogen) atoms. The van der Waals surface area contributed by atoms with Crippen LogP contribution < -0.4 is 5.73 Å². The molecular formula is C20H24ClFN4OS. The summed E-state index contributed by atoms with van der Waals surface area (Å²) in [7, 11) is 0. The van der Waals surface area contributed by atoms with Crippen molar-refractivity contribution in [3.8, 4) is 5.69 Å². The molecule has 2 aromatic heterocycles. The van der Waals surface area contributed by atoms with Crippen molar-refractivity contribution in [1.29, 1.82) is 0 Å². The molecular weight excluding hydrogens is 399 g/mol. The van der Waals surface area contributed by atoms with Crippen LogP contribution in [0, 0.1) is 18.2 Å². The molecule has 4 rings (SSSR count). The van der Waals surface area contributed by atoms with Gasteiger partial charge in [0.1, 0.15) is 10.6 Å². The summed E-state index contributed by atoms with van der Waals surface area (Å²) in [5.41, 5.74) is 7.74. The van der Waals surface area contributed by atoms with Gasteiger partial charge in [0.15, 0.2) is 0 Å². The second-order valence-corrected chi connectivity index (χ2v) is 8.94. The molecule has 0 radical (unpaired) electrons. The van der Waals surface area contributed by atoms with Crippen LogP contribution in [0.5, 0.6) is 0 Å². The van der Waals surface area contributed by atoms with E-state index in [0.717, 1.165) is 28.0 Å². The number of piperidine rings is 1. The van der Waals surface area contributed by atoms with Crippen molar-refractivity contribution in [3.05, 3.63) is 46.7 Å². The first kappa shape index (κ1) is 20.8. The molecule has 1 atom stereocenters.